The van der Waals surface area contributed by atoms with Crippen LogP contribution in [0.3, 0.4) is 0 Å². The van der Waals surface area contributed by atoms with E-state index in [1.807, 2.05) is 0 Å². The number of halogens is 3. The Labute approximate surface area is 222 Å². The first-order valence-electron chi connectivity index (χ1n) is 10.3. The molecular formula is C25H20Cl3N3O3S. The number of hydrogen-bond donors (Lipinski definition) is 2. The molecule has 0 saturated heterocycles. The smallest absolute Gasteiger partial charge is 0.337 e. The number of nitrogens with zero attached hydrogens (tertiary/aromatic N) is 1. The summed E-state index contributed by atoms with van der Waals surface area (Å²) in [4.78, 5) is 25.5. The second-order valence-electron chi connectivity index (χ2n) is 7.33. The Hall–Kier alpha value is -2.89. The third kappa shape index (κ3) is 6.41. The molecule has 180 valence electrons. The van der Waals surface area contributed by atoms with Crippen molar-refractivity contribution in [2.75, 3.05) is 17.7 Å². The third-order valence-corrected chi connectivity index (χ3v) is 7.07. The molecule has 0 bridgehead atoms. The van der Waals surface area contributed by atoms with E-state index >= 15 is 0 Å². The molecule has 0 radical (unpaired) electrons. The highest BCUT2D eigenvalue weighted by atomic mass is 35.5. The summed E-state index contributed by atoms with van der Waals surface area (Å²) >= 11 is 19.5. The second kappa shape index (κ2) is 12.2. The fourth-order valence-corrected chi connectivity index (χ4v) is 4.87. The molecular weight excluding hydrogens is 529 g/mol. The number of esters is 1. The van der Waals surface area contributed by atoms with Crippen molar-refractivity contribution in [3.05, 3.63) is 97.6 Å². The van der Waals surface area contributed by atoms with Gasteiger partial charge in [-0.25, -0.2) is 4.79 Å². The van der Waals surface area contributed by atoms with Crippen LogP contribution in [-0.2, 0) is 14.3 Å². The highest BCUT2D eigenvalue weighted by Gasteiger charge is 2.36. The lowest BCUT2D eigenvalue weighted by molar-refractivity contribution is -0.138. The zero-order valence-electron chi connectivity index (χ0n) is 18.5. The molecule has 0 fully saturated rings. The molecule has 0 spiro atoms. The van der Waals surface area contributed by atoms with Gasteiger partial charge in [0.05, 0.1) is 44.0 Å². The molecule has 2 aromatic carbocycles. The highest BCUT2D eigenvalue weighted by molar-refractivity contribution is 8.03. The maximum absolute atomic E-state index is 12.9. The van der Waals surface area contributed by atoms with Gasteiger partial charge < -0.3 is 15.4 Å². The summed E-state index contributed by atoms with van der Waals surface area (Å²) in [6, 6.07) is 13.9. The standard InChI is InChI=1S/C25H20Cl3N3O3S/c1-3-10-34-25(33)22-14(2)30-24(17(12-29)23(22)16-6-4-5-7-18(16)26)35-13-21(32)31-15-8-9-19(27)20(28)11-15/h3-9,11,23,30H,1,10,13H2,2H3,(H,31,32)/t23-/m1/s1. The van der Waals surface area contributed by atoms with Crippen molar-refractivity contribution in [3.63, 3.8) is 0 Å². The van der Waals surface area contributed by atoms with Crippen molar-refractivity contribution in [2.45, 2.75) is 12.8 Å². The Balaban J connectivity index is 1.90. The first-order chi connectivity index (χ1) is 16.8. The quantitative estimate of drug-likeness (QED) is 0.291. The molecule has 1 aliphatic rings. The lowest BCUT2D eigenvalue weighted by Crippen LogP contribution is -2.29. The first-order valence-corrected chi connectivity index (χ1v) is 12.4. The van der Waals surface area contributed by atoms with E-state index < -0.39 is 11.9 Å². The van der Waals surface area contributed by atoms with E-state index in [9.17, 15) is 14.9 Å². The maximum atomic E-state index is 12.9. The molecule has 0 unspecified atom stereocenters. The molecule has 1 amide bonds. The molecule has 3 rings (SSSR count). The monoisotopic (exact) mass is 547 g/mol. The predicted molar refractivity (Wildman–Crippen MR) is 141 cm³/mol. The van der Waals surface area contributed by atoms with Crippen molar-refractivity contribution in [1.29, 1.82) is 5.26 Å². The molecule has 0 aromatic heterocycles. The largest absolute Gasteiger partial charge is 0.458 e. The van der Waals surface area contributed by atoms with Crippen molar-refractivity contribution in [3.8, 4) is 6.07 Å². The number of nitriles is 1. The van der Waals surface area contributed by atoms with E-state index in [4.69, 9.17) is 39.5 Å². The van der Waals surface area contributed by atoms with Crippen LogP contribution in [0, 0.1) is 11.3 Å². The lowest BCUT2D eigenvalue weighted by Gasteiger charge is -2.29. The predicted octanol–water partition coefficient (Wildman–Crippen LogP) is 6.44. The maximum Gasteiger partial charge on any atom is 0.337 e. The number of carbonyl (C=O) groups excluding carboxylic acids is 2. The first kappa shape index (κ1) is 26.7. The fourth-order valence-electron chi connectivity index (χ4n) is 3.44. The molecule has 0 saturated carbocycles. The SMILES string of the molecule is C=CCOC(=O)C1=C(C)NC(SCC(=O)Nc2ccc(Cl)c(Cl)c2)=C(C#N)[C@H]1c1ccccc1Cl. The van der Waals surface area contributed by atoms with E-state index in [0.29, 0.717) is 37.0 Å². The van der Waals surface area contributed by atoms with E-state index in [0.717, 1.165) is 11.8 Å². The zero-order valence-corrected chi connectivity index (χ0v) is 21.6. The fraction of sp³-hybridized carbons (Fsp3) is 0.160. The Bertz CT molecular complexity index is 1280. The summed E-state index contributed by atoms with van der Waals surface area (Å²) in [6.07, 6.45) is 1.46. The van der Waals surface area contributed by atoms with E-state index in [-0.39, 0.29) is 29.4 Å². The van der Waals surface area contributed by atoms with Crippen LogP contribution in [0.5, 0.6) is 0 Å². The van der Waals surface area contributed by atoms with E-state index in [2.05, 4.69) is 23.3 Å². The van der Waals surface area contributed by atoms with Crippen LogP contribution < -0.4 is 10.6 Å². The minimum atomic E-state index is -0.770. The minimum absolute atomic E-state index is 0.00742. The van der Waals surface area contributed by atoms with Crippen LogP contribution in [0.4, 0.5) is 5.69 Å². The number of dihydropyridines is 1. The van der Waals surface area contributed by atoms with Crippen molar-refractivity contribution >= 4 is 64.1 Å². The number of thioether (sulfide) groups is 1. The Morgan fingerprint density at radius 2 is 1.94 bits per heavy atom. The van der Waals surface area contributed by atoms with Gasteiger partial charge in [-0.2, -0.15) is 5.26 Å². The number of rotatable bonds is 8. The molecule has 2 N–H and O–H groups in total. The van der Waals surface area contributed by atoms with E-state index in [1.54, 1.807) is 49.4 Å². The molecule has 0 aliphatic carbocycles. The van der Waals surface area contributed by atoms with Gasteiger partial charge in [0.2, 0.25) is 5.91 Å². The summed E-state index contributed by atoms with van der Waals surface area (Å²) in [7, 11) is 0. The van der Waals surface area contributed by atoms with Gasteiger partial charge in [-0.3, -0.25) is 4.79 Å². The van der Waals surface area contributed by atoms with Gasteiger partial charge in [0, 0.05) is 16.4 Å². The number of nitrogens with one attached hydrogen (secondary N) is 2. The topological polar surface area (TPSA) is 91.2 Å². The van der Waals surface area contributed by atoms with Gasteiger partial charge >= 0.3 is 5.97 Å². The number of ether oxygens (including phenoxy) is 1. The van der Waals surface area contributed by atoms with Crippen LogP contribution in [0.25, 0.3) is 0 Å². The average Bonchev–Trinajstić information content (AvgIpc) is 2.83. The van der Waals surface area contributed by atoms with Crippen molar-refractivity contribution < 1.29 is 14.3 Å². The Morgan fingerprint density at radius 1 is 1.20 bits per heavy atom. The average molecular weight is 549 g/mol. The summed E-state index contributed by atoms with van der Waals surface area (Å²) in [5.41, 5.74) is 2.09. The molecule has 1 aliphatic heterocycles. The molecule has 10 heteroatoms. The zero-order chi connectivity index (χ0) is 25.5. The number of carbonyl (C=O) groups is 2. The van der Waals surface area contributed by atoms with Crippen molar-refractivity contribution in [1.82, 2.24) is 5.32 Å². The van der Waals surface area contributed by atoms with Crippen LogP contribution in [0.15, 0.2) is 77.0 Å². The van der Waals surface area contributed by atoms with Gasteiger partial charge in [0.1, 0.15) is 6.61 Å². The number of benzene rings is 2. The lowest BCUT2D eigenvalue weighted by atomic mass is 9.82. The minimum Gasteiger partial charge on any atom is -0.458 e. The summed E-state index contributed by atoms with van der Waals surface area (Å²) in [5, 5.41) is 17.5. The Morgan fingerprint density at radius 3 is 2.60 bits per heavy atom. The van der Waals surface area contributed by atoms with Gasteiger partial charge in [-0.15, -0.1) is 0 Å². The third-order valence-electron chi connectivity index (χ3n) is 4.97. The normalized spacial score (nSPS) is 15.2. The second-order valence-corrected chi connectivity index (χ2v) is 9.53. The molecule has 1 atom stereocenters. The van der Waals surface area contributed by atoms with Gasteiger partial charge in [0.25, 0.3) is 0 Å². The van der Waals surface area contributed by atoms with Gasteiger partial charge in [-0.05, 0) is 36.8 Å². The number of hydrogen-bond acceptors (Lipinski definition) is 6. The van der Waals surface area contributed by atoms with Gasteiger partial charge in [0.15, 0.2) is 0 Å². The van der Waals surface area contributed by atoms with Crippen LogP contribution >= 0.6 is 46.6 Å². The summed E-state index contributed by atoms with van der Waals surface area (Å²) < 4.78 is 5.28. The number of allylic oxidation sites excluding steroid dienone is 2. The summed E-state index contributed by atoms with van der Waals surface area (Å²) in [6.45, 7) is 5.29. The molecule has 2 aromatic rings. The number of anilines is 1. The molecule has 6 nitrogen and oxygen atoms in total. The van der Waals surface area contributed by atoms with Gasteiger partial charge in [-0.1, -0.05) is 77.4 Å². The molecule has 35 heavy (non-hydrogen) atoms. The molecule has 1 heterocycles. The Kier molecular flexibility index (Phi) is 9.30. The summed E-state index contributed by atoms with van der Waals surface area (Å²) in [5.74, 6) is -1.68. The van der Waals surface area contributed by atoms with E-state index in [1.165, 1.54) is 6.08 Å². The highest BCUT2D eigenvalue weighted by Crippen LogP contribution is 2.43. The van der Waals surface area contributed by atoms with Crippen LogP contribution in [0.1, 0.15) is 18.4 Å². The van der Waals surface area contributed by atoms with Crippen LogP contribution in [-0.4, -0.2) is 24.2 Å². The number of amides is 1. The van der Waals surface area contributed by atoms with Crippen LogP contribution in [0.2, 0.25) is 15.1 Å². The van der Waals surface area contributed by atoms with Crippen molar-refractivity contribution in [2.24, 2.45) is 0 Å².